The van der Waals surface area contributed by atoms with Gasteiger partial charge in [0, 0.05) is 25.8 Å². The third kappa shape index (κ3) is 3.40. The van der Waals surface area contributed by atoms with Gasteiger partial charge in [-0.15, -0.1) is 0 Å². The predicted octanol–water partition coefficient (Wildman–Crippen LogP) is 3.24. The van der Waals surface area contributed by atoms with Gasteiger partial charge >= 0.3 is 0 Å². The van der Waals surface area contributed by atoms with Gasteiger partial charge in [-0.25, -0.2) is 0 Å². The standard InChI is InChI=1S/C17H25NO2/c1-17(2,3)14-7-5-13(6-8-14)16(19)18-11-9-15(20-4)10-12-18/h5-8,15H,9-12H2,1-4H3. The summed E-state index contributed by atoms with van der Waals surface area (Å²) in [6, 6.07) is 8.03. The van der Waals surface area contributed by atoms with Crippen molar-refractivity contribution in [1.29, 1.82) is 0 Å². The Morgan fingerprint density at radius 2 is 1.70 bits per heavy atom. The van der Waals surface area contributed by atoms with Gasteiger partial charge in [0.05, 0.1) is 6.10 Å². The summed E-state index contributed by atoms with van der Waals surface area (Å²) in [6.45, 7) is 8.12. The lowest BCUT2D eigenvalue weighted by atomic mass is 9.86. The van der Waals surface area contributed by atoms with Gasteiger partial charge in [0.15, 0.2) is 0 Å². The number of rotatable bonds is 2. The van der Waals surface area contributed by atoms with Crippen molar-refractivity contribution in [2.75, 3.05) is 20.2 Å². The number of carbonyl (C=O) groups is 1. The van der Waals surface area contributed by atoms with Crippen molar-refractivity contribution in [3.05, 3.63) is 35.4 Å². The third-order valence-corrected chi connectivity index (χ3v) is 4.06. The van der Waals surface area contributed by atoms with Gasteiger partial charge in [0.1, 0.15) is 0 Å². The van der Waals surface area contributed by atoms with E-state index in [1.807, 2.05) is 17.0 Å². The first-order chi connectivity index (χ1) is 9.41. The maximum Gasteiger partial charge on any atom is 0.253 e. The summed E-state index contributed by atoms with van der Waals surface area (Å²) in [4.78, 5) is 14.4. The van der Waals surface area contributed by atoms with E-state index in [0.29, 0.717) is 6.10 Å². The summed E-state index contributed by atoms with van der Waals surface area (Å²) in [6.07, 6.45) is 2.17. The molecule has 2 rings (SSSR count). The van der Waals surface area contributed by atoms with Crippen LogP contribution in [0.5, 0.6) is 0 Å². The Balaban J connectivity index is 2.03. The summed E-state index contributed by atoms with van der Waals surface area (Å²) in [5.74, 6) is 0.139. The predicted molar refractivity (Wildman–Crippen MR) is 81.1 cm³/mol. The normalized spacial score (nSPS) is 17.3. The molecule has 1 aromatic carbocycles. The van der Waals surface area contributed by atoms with E-state index in [2.05, 4.69) is 32.9 Å². The Morgan fingerprint density at radius 1 is 1.15 bits per heavy atom. The van der Waals surface area contributed by atoms with Crippen molar-refractivity contribution < 1.29 is 9.53 Å². The minimum atomic E-state index is 0.123. The smallest absolute Gasteiger partial charge is 0.253 e. The topological polar surface area (TPSA) is 29.5 Å². The van der Waals surface area contributed by atoms with Crippen molar-refractivity contribution in [2.24, 2.45) is 0 Å². The number of methoxy groups -OCH3 is 1. The molecule has 0 saturated carbocycles. The highest BCUT2D eigenvalue weighted by Crippen LogP contribution is 2.23. The fourth-order valence-electron chi connectivity index (χ4n) is 2.59. The SMILES string of the molecule is COC1CCN(C(=O)c2ccc(C(C)(C)C)cc2)CC1. The van der Waals surface area contributed by atoms with Crippen LogP contribution in [0.15, 0.2) is 24.3 Å². The molecule has 1 saturated heterocycles. The van der Waals surface area contributed by atoms with Crippen LogP contribution in [0.1, 0.15) is 49.5 Å². The minimum absolute atomic E-state index is 0.123. The number of hydrogen-bond donors (Lipinski definition) is 0. The lowest BCUT2D eigenvalue weighted by molar-refractivity contribution is 0.0351. The molecule has 3 nitrogen and oxygen atoms in total. The molecule has 1 aliphatic heterocycles. The number of hydrogen-bond acceptors (Lipinski definition) is 2. The van der Waals surface area contributed by atoms with Crippen molar-refractivity contribution >= 4 is 5.91 Å². The molecule has 3 heteroatoms. The Hall–Kier alpha value is -1.35. The molecule has 1 heterocycles. The minimum Gasteiger partial charge on any atom is -0.381 e. The summed E-state index contributed by atoms with van der Waals surface area (Å²) in [7, 11) is 1.74. The van der Waals surface area contributed by atoms with Crippen molar-refractivity contribution in [1.82, 2.24) is 4.90 Å². The van der Waals surface area contributed by atoms with Crippen molar-refractivity contribution in [2.45, 2.75) is 45.1 Å². The monoisotopic (exact) mass is 275 g/mol. The van der Waals surface area contributed by atoms with E-state index in [1.165, 1.54) is 5.56 Å². The molecule has 0 unspecified atom stereocenters. The van der Waals surface area contributed by atoms with Crippen LogP contribution in [-0.4, -0.2) is 37.1 Å². The van der Waals surface area contributed by atoms with E-state index in [9.17, 15) is 4.79 Å². The van der Waals surface area contributed by atoms with E-state index in [1.54, 1.807) is 7.11 Å². The molecule has 1 aliphatic rings. The number of benzene rings is 1. The zero-order valence-corrected chi connectivity index (χ0v) is 13.0. The molecular weight excluding hydrogens is 250 g/mol. The Bertz CT molecular complexity index is 451. The highest BCUT2D eigenvalue weighted by atomic mass is 16.5. The largest absolute Gasteiger partial charge is 0.381 e. The van der Waals surface area contributed by atoms with Crippen LogP contribution in [0.3, 0.4) is 0 Å². The average molecular weight is 275 g/mol. The lowest BCUT2D eigenvalue weighted by Gasteiger charge is -2.31. The van der Waals surface area contributed by atoms with E-state index in [-0.39, 0.29) is 11.3 Å². The van der Waals surface area contributed by atoms with Gasteiger partial charge in [0.2, 0.25) is 0 Å². The van der Waals surface area contributed by atoms with E-state index < -0.39 is 0 Å². The lowest BCUT2D eigenvalue weighted by Crippen LogP contribution is -2.40. The molecule has 0 spiro atoms. The quantitative estimate of drug-likeness (QED) is 0.829. The van der Waals surface area contributed by atoms with Gasteiger partial charge < -0.3 is 9.64 Å². The molecule has 1 amide bonds. The molecule has 0 aromatic heterocycles. The zero-order valence-electron chi connectivity index (χ0n) is 13.0. The van der Waals surface area contributed by atoms with Gasteiger partial charge in [-0.3, -0.25) is 4.79 Å². The second-order valence-electron chi connectivity index (χ2n) is 6.55. The number of nitrogens with zero attached hydrogens (tertiary/aromatic N) is 1. The molecule has 0 N–H and O–H groups in total. The van der Waals surface area contributed by atoms with Crippen LogP contribution < -0.4 is 0 Å². The van der Waals surface area contributed by atoms with Gasteiger partial charge in [0.25, 0.3) is 5.91 Å². The number of likely N-dealkylation sites (tertiary alicyclic amines) is 1. The van der Waals surface area contributed by atoms with Crippen LogP contribution in [0.4, 0.5) is 0 Å². The van der Waals surface area contributed by atoms with Gasteiger partial charge in [-0.1, -0.05) is 32.9 Å². The number of ether oxygens (including phenoxy) is 1. The summed E-state index contributed by atoms with van der Waals surface area (Å²) in [5, 5.41) is 0. The first kappa shape index (κ1) is 15.0. The Labute approximate surface area is 121 Å². The molecule has 1 fully saturated rings. The number of piperidine rings is 1. The van der Waals surface area contributed by atoms with Gasteiger partial charge in [-0.2, -0.15) is 0 Å². The van der Waals surface area contributed by atoms with Crippen LogP contribution in [0.2, 0.25) is 0 Å². The first-order valence-electron chi connectivity index (χ1n) is 7.34. The van der Waals surface area contributed by atoms with Crippen LogP contribution in [0, 0.1) is 0 Å². The molecule has 1 aromatic rings. The van der Waals surface area contributed by atoms with E-state index in [0.717, 1.165) is 31.5 Å². The molecule has 0 aliphatic carbocycles. The van der Waals surface area contributed by atoms with E-state index in [4.69, 9.17) is 4.74 Å². The third-order valence-electron chi connectivity index (χ3n) is 4.06. The maximum atomic E-state index is 12.4. The summed E-state index contributed by atoms with van der Waals surface area (Å²) >= 11 is 0. The van der Waals surface area contributed by atoms with Crippen molar-refractivity contribution in [3.8, 4) is 0 Å². The Kier molecular flexibility index (Phi) is 4.48. The van der Waals surface area contributed by atoms with Gasteiger partial charge in [-0.05, 0) is 36.0 Å². The Morgan fingerprint density at radius 3 is 2.15 bits per heavy atom. The van der Waals surface area contributed by atoms with Crippen LogP contribution >= 0.6 is 0 Å². The summed E-state index contributed by atoms with van der Waals surface area (Å²) in [5.41, 5.74) is 2.17. The molecule has 20 heavy (non-hydrogen) atoms. The fourth-order valence-corrected chi connectivity index (χ4v) is 2.59. The number of carbonyl (C=O) groups excluding carboxylic acids is 1. The molecule has 0 radical (unpaired) electrons. The second-order valence-corrected chi connectivity index (χ2v) is 6.55. The highest BCUT2D eigenvalue weighted by Gasteiger charge is 2.23. The fraction of sp³-hybridized carbons (Fsp3) is 0.588. The van der Waals surface area contributed by atoms with Crippen molar-refractivity contribution in [3.63, 3.8) is 0 Å². The summed E-state index contributed by atoms with van der Waals surface area (Å²) < 4.78 is 5.34. The molecular formula is C17H25NO2. The first-order valence-corrected chi connectivity index (χ1v) is 7.34. The zero-order chi connectivity index (χ0) is 14.8. The highest BCUT2D eigenvalue weighted by molar-refractivity contribution is 5.94. The van der Waals surface area contributed by atoms with E-state index >= 15 is 0 Å². The molecule has 0 atom stereocenters. The molecule has 110 valence electrons. The molecule has 0 bridgehead atoms. The number of amides is 1. The second kappa shape index (κ2) is 5.96. The average Bonchev–Trinajstić information content (AvgIpc) is 2.46. The maximum absolute atomic E-state index is 12.4. The van der Waals surface area contributed by atoms with Crippen LogP contribution in [-0.2, 0) is 10.2 Å². The van der Waals surface area contributed by atoms with Crippen LogP contribution in [0.25, 0.3) is 0 Å².